The molecule has 25 heavy (non-hydrogen) atoms. The molecule has 0 radical (unpaired) electrons. The molecule has 4 nitrogen and oxygen atoms in total. The average molecular weight is 330 g/mol. The fourth-order valence-electron chi connectivity index (χ4n) is 3.07. The largest absolute Gasteiger partial charge is 0.490 e. The van der Waals surface area contributed by atoms with Gasteiger partial charge in [0, 0.05) is 12.4 Å². The minimum Gasteiger partial charge on any atom is -0.490 e. The van der Waals surface area contributed by atoms with Gasteiger partial charge in [0.25, 0.3) is 0 Å². The third-order valence-electron chi connectivity index (χ3n) is 4.34. The molecule has 2 aromatic carbocycles. The van der Waals surface area contributed by atoms with E-state index in [4.69, 9.17) is 4.74 Å². The number of rotatable bonds is 3. The molecule has 1 aromatic heterocycles. The molecule has 2 heterocycles. The number of carbonyl (C=O) groups excluding carboxylic acids is 1. The van der Waals surface area contributed by atoms with Gasteiger partial charge in [0.05, 0.1) is 18.7 Å². The van der Waals surface area contributed by atoms with Crippen molar-refractivity contribution in [2.75, 3.05) is 18.1 Å². The van der Waals surface area contributed by atoms with Crippen LogP contribution in [0.2, 0.25) is 0 Å². The van der Waals surface area contributed by atoms with Crippen molar-refractivity contribution in [3.63, 3.8) is 0 Å². The number of fused-ring (bicyclic) bond motifs is 1. The number of amides is 1. The lowest BCUT2D eigenvalue weighted by Gasteiger charge is -2.30. The first kappa shape index (κ1) is 15.4. The summed E-state index contributed by atoms with van der Waals surface area (Å²) in [4.78, 5) is 18.7. The first-order valence-electron chi connectivity index (χ1n) is 8.33. The summed E-state index contributed by atoms with van der Waals surface area (Å²) in [6.45, 7) is 1.08. The summed E-state index contributed by atoms with van der Waals surface area (Å²) >= 11 is 0. The number of aromatic nitrogens is 1. The van der Waals surface area contributed by atoms with Crippen LogP contribution in [0.25, 0.3) is 11.1 Å². The van der Waals surface area contributed by atoms with E-state index < -0.39 is 0 Å². The van der Waals surface area contributed by atoms with E-state index >= 15 is 0 Å². The zero-order chi connectivity index (χ0) is 17.1. The predicted molar refractivity (Wildman–Crippen MR) is 97.7 cm³/mol. The van der Waals surface area contributed by atoms with Crippen molar-refractivity contribution in [3.05, 3.63) is 78.6 Å². The molecule has 0 spiro atoms. The lowest BCUT2D eigenvalue weighted by molar-refractivity contribution is -0.118. The van der Waals surface area contributed by atoms with Gasteiger partial charge in [-0.25, -0.2) is 0 Å². The average Bonchev–Trinajstić information content (AvgIpc) is 2.68. The summed E-state index contributed by atoms with van der Waals surface area (Å²) in [6, 6.07) is 19.7. The second-order valence-electron chi connectivity index (χ2n) is 5.97. The van der Waals surface area contributed by atoms with Crippen molar-refractivity contribution in [2.45, 2.75) is 6.42 Å². The first-order valence-corrected chi connectivity index (χ1v) is 8.33. The van der Waals surface area contributed by atoms with Crippen LogP contribution < -0.4 is 9.64 Å². The smallest absolute Gasteiger partial charge is 0.231 e. The summed E-state index contributed by atoms with van der Waals surface area (Å²) in [6.07, 6.45) is 3.92. The standard InChI is InChI=1S/C21H18N2O2/c24-21(14-16-4-2-1-3-5-16)23-12-13-25-20-7-6-18(15-19(20)23)17-8-10-22-11-9-17/h1-11,15H,12-14H2. The van der Waals surface area contributed by atoms with Gasteiger partial charge in [-0.3, -0.25) is 9.78 Å². The Bertz CT molecular complexity index is 879. The van der Waals surface area contributed by atoms with Crippen LogP contribution in [0.4, 0.5) is 5.69 Å². The Balaban J connectivity index is 1.65. The molecule has 0 bridgehead atoms. The Morgan fingerprint density at radius 1 is 1.00 bits per heavy atom. The number of pyridine rings is 1. The normalized spacial score (nSPS) is 13.0. The van der Waals surface area contributed by atoms with Gasteiger partial charge < -0.3 is 9.64 Å². The van der Waals surface area contributed by atoms with Crippen molar-refractivity contribution in [2.24, 2.45) is 0 Å². The van der Waals surface area contributed by atoms with Gasteiger partial charge in [-0.05, 0) is 41.0 Å². The lowest BCUT2D eigenvalue weighted by atomic mass is 10.0. The SMILES string of the molecule is O=C(Cc1ccccc1)N1CCOc2ccc(-c3ccncc3)cc21. The number of ether oxygens (including phenoxy) is 1. The van der Waals surface area contributed by atoms with E-state index in [9.17, 15) is 4.79 Å². The van der Waals surface area contributed by atoms with Gasteiger partial charge in [0.15, 0.2) is 0 Å². The summed E-state index contributed by atoms with van der Waals surface area (Å²) in [5.74, 6) is 0.841. The van der Waals surface area contributed by atoms with Crippen molar-refractivity contribution >= 4 is 11.6 Å². The molecular weight excluding hydrogens is 312 g/mol. The second kappa shape index (κ2) is 6.77. The molecule has 0 N–H and O–H groups in total. The molecule has 0 unspecified atom stereocenters. The molecule has 124 valence electrons. The van der Waals surface area contributed by atoms with Crippen molar-refractivity contribution < 1.29 is 9.53 Å². The maximum atomic E-state index is 12.8. The number of nitrogens with zero attached hydrogens (tertiary/aromatic N) is 2. The van der Waals surface area contributed by atoms with Gasteiger partial charge in [-0.2, -0.15) is 0 Å². The molecule has 0 aliphatic carbocycles. The van der Waals surface area contributed by atoms with Crippen LogP contribution in [-0.4, -0.2) is 24.0 Å². The third-order valence-corrected chi connectivity index (χ3v) is 4.34. The fourth-order valence-corrected chi connectivity index (χ4v) is 3.07. The molecule has 0 fully saturated rings. The second-order valence-corrected chi connectivity index (χ2v) is 5.97. The minimum absolute atomic E-state index is 0.0858. The highest BCUT2D eigenvalue weighted by Gasteiger charge is 2.24. The molecule has 0 atom stereocenters. The molecule has 1 aliphatic rings. The van der Waals surface area contributed by atoms with Crippen LogP contribution in [0.1, 0.15) is 5.56 Å². The molecule has 0 saturated heterocycles. The number of benzene rings is 2. The number of anilines is 1. The molecule has 4 rings (SSSR count). The Hall–Kier alpha value is -3.14. The molecule has 3 aromatic rings. The van der Waals surface area contributed by atoms with Crippen LogP contribution in [0, 0.1) is 0 Å². The quantitative estimate of drug-likeness (QED) is 0.735. The molecule has 1 amide bonds. The van der Waals surface area contributed by atoms with Crippen molar-refractivity contribution in [1.29, 1.82) is 0 Å². The van der Waals surface area contributed by atoms with Gasteiger partial charge >= 0.3 is 0 Å². The highest BCUT2D eigenvalue weighted by Crippen LogP contribution is 2.35. The summed E-state index contributed by atoms with van der Waals surface area (Å²) in [7, 11) is 0. The van der Waals surface area contributed by atoms with Gasteiger partial charge in [0.1, 0.15) is 12.4 Å². The zero-order valence-electron chi connectivity index (χ0n) is 13.8. The van der Waals surface area contributed by atoms with Crippen LogP contribution in [0.15, 0.2) is 73.1 Å². The highest BCUT2D eigenvalue weighted by atomic mass is 16.5. The van der Waals surface area contributed by atoms with E-state index in [0.29, 0.717) is 19.6 Å². The van der Waals surface area contributed by atoms with E-state index in [1.807, 2.05) is 65.6 Å². The predicted octanol–water partition coefficient (Wildman–Crippen LogP) is 3.72. The van der Waals surface area contributed by atoms with Crippen LogP contribution in [0.5, 0.6) is 5.75 Å². The Morgan fingerprint density at radius 3 is 2.60 bits per heavy atom. The summed E-state index contributed by atoms with van der Waals surface area (Å²) < 4.78 is 5.74. The number of hydrogen-bond acceptors (Lipinski definition) is 3. The monoisotopic (exact) mass is 330 g/mol. The van der Waals surface area contributed by atoms with Crippen LogP contribution >= 0.6 is 0 Å². The highest BCUT2D eigenvalue weighted by molar-refractivity contribution is 5.97. The van der Waals surface area contributed by atoms with Crippen molar-refractivity contribution in [1.82, 2.24) is 4.98 Å². The molecule has 0 saturated carbocycles. The van der Waals surface area contributed by atoms with Crippen LogP contribution in [-0.2, 0) is 11.2 Å². The van der Waals surface area contributed by atoms with Gasteiger partial charge in [-0.15, -0.1) is 0 Å². The summed E-state index contributed by atoms with van der Waals surface area (Å²) in [5, 5.41) is 0. The lowest BCUT2D eigenvalue weighted by Crippen LogP contribution is -2.38. The minimum atomic E-state index is 0.0858. The Morgan fingerprint density at radius 2 is 1.80 bits per heavy atom. The first-order chi connectivity index (χ1) is 12.3. The van der Waals surface area contributed by atoms with E-state index in [-0.39, 0.29) is 5.91 Å². The molecular formula is C21H18N2O2. The van der Waals surface area contributed by atoms with Gasteiger partial charge in [-0.1, -0.05) is 36.4 Å². The zero-order valence-corrected chi connectivity index (χ0v) is 13.8. The third kappa shape index (κ3) is 3.24. The fraction of sp³-hybridized carbons (Fsp3) is 0.143. The Labute approximate surface area is 146 Å². The molecule has 4 heteroatoms. The number of carbonyl (C=O) groups is 1. The molecule has 1 aliphatic heterocycles. The van der Waals surface area contributed by atoms with Crippen LogP contribution in [0.3, 0.4) is 0 Å². The topological polar surface area (TPSA) is 42.4 Å². The maximum absolute atomic E-state index is 12.8. The van der Waals surface area contributed by atoms with E-state index in [2.05, 4.69) is 4.98 Å². The maximum Gasteiger partial charge on any atom is 0.231 e. The Kier molecular flexibility index (Phi) is 4.17. The van der Waals surface area contributed by atoms with Crippen molar-refractivity contribution in [3.8, 4) is 16.9 Å². The van der Waals surface area contributed by atoms with E-state index in [1.54, 1.807) is 12.4 Å². The van der Waals surface area contributed by atoms with E-state index in [1.165, 1.54) is 0 Å². The van der Waals surface area contributed by atoms with E-state index in [0.717, 1.165) is 28.1 Å². The van der Waals surface area contributed by atoms with Gasteiger partial charge in [0.2, 0.25) is 5.91 Å². The number of hydrogen-bond donors (Lipinski definition) is 0. The summed E-state index contributed by atoms with van der Waals surface area (Å²) in [5.41, 5.74) is 3.97.